The molecule has 5 nitrogen and oxygen atoms in total. The van der Waals surface area contributed by atoms with Crippen molar-refractivity contribution in [3.63, 3.8) is 0 Å². The van der Waals surface area contributed by atoms with Crippen molar-refractivity contribution >= 4 is 16.6 Å². The number of Topliss-reactive ketones (excluding diaryl/α,β-unsaturated/α-hetero) is 1. The summed E-state index contributed by atoms with van der Waals surface area (Å²) >= 11 is 0. The van der Waals surface area contributed by atoms with Gasteiger partial charge in [-0.3, -0.25) is 9.69 Å². The Labute approximate surface area is 231 Å². The molecule has 6 rings (SSSR count). The molecule has 4 aromatic rings. The Morgan fingerprint density at radius 2 is 1.69 bits per heavy atom. The summed E-state index contributed by atoms with van der Waals surface area (Å²) in [6, 6.07) is 25.1. The smallest absolute Gasteiger partial charge is 0.182 e. The number of fused-ring (bicyclic) bond motifs is 2. The van der Waals surface area contributed by atoms with Crippen molar-refractivity contribution in [3.8, 4) is 11.5 Å². The van der Waals surface area contributed by atoms with Gasteiger partial charge in [0.05, 0.1) is 7.11 Å². The van der Waals surface area contributed by atoms with Crippen LogP contribution in [0.15, 0.2) is 85.2 Å². The van der Waals surface area contributed by atoms with E-state index in [0.29, 0.717) is 30.6 Å². The number of carbonyl (C=O) groups excluding carboxylic acids is 1. The number of likely N-dealkylation sites (tertiary alicyclic amines) is 1. The van der Waals surface area contributed by atoms with Crippen molar-refractivity contribution < 1.29 is 18.8 Å². The SMILES string of the molecule is COc1cc2c(cc1OCC[n+]1ccc3ccccc3c1)C(=O)C(CC1CCN(Cc3ccccc3)CC1)C2. The zero-order valence-corrected chi connectivity index (χ0v) is 22.7. The lowest BCUT2D eigenvalue weighted by atomic mass is 9.85. The van der Waals surface area contributed by atoms with Gasteiger partial charge in [-0.1, -0.05) is 48.5 Å². The summed E-state index contributed by atoms with van der Waals surface area (Å²) in [6.45, 7) is 4.44. The van der Waals surface area contributed by atoms with Gasteiger partial charge in [-0.05, 0) is 79.4 Å². The Bertz CT molecular complexity index is 1440. The van der Waals surface area contributed by atoms with Gasteiger partial charge in [0, 0.05) is 29.5 Å². The highest BCUT2D eigenvalue weighted by atomic mass is 16.5. The molecule has 0 N–H and O–H groups in total. The third kappa shape index (κ3) is 5.84. The molecule has 3 aromatic carbocycles. The molecule has 1 unspecified atom stereocenters. The van der Waals surface area contributed by atoms with Crippen LogP contribution in [0.3, 0.4) is 0 Å². The lowest BCUT2D eigenvalue weighted by Gasteiger charge is -2.32. The number of pyridine rings is 1. The summed E-state index contributed by atoms with van der Waals surface area (Å²) < 4.78 is 14.0. The Morgan fingerprint density at radius 1 is 0.923 bits per heavy atom. The van der Waals surface area contributed by atoms with Crippen LogP contribution in [0.25, 0.3) is 10.8 Å². The van der Waals surface area contributed by atoms with E-state index in [-0.39, 0.29) is 11.7 Å². The molecule has 2 heterocycles. The molecular weight excluding hydrogens is 484 g/mol. The average molecular weight is 522 g/mol. The van der Waals surface area contributed by atoms with Crippen LogP contribution in [0.2, 0.25) is 0 Å². The van der Waals surface area contributed by atoms with E-state index in [1.165, 1.54) is 16.3 Å². The van der Waals surface area contributed by atoms with Crippen LogP contribution in [-0.4, -0.2) is 37.5 Å². The van der Waals surface area contributed by atoms with Crippen molar-refractivity contribution in [3.05, 3.63) is 102 Å². The Balaban J connectivity index is 1.05. The second-order valence-electron chi connectivity index (χ2n) is 11.0. The fraction of sp³-hybridized carbons (Fsp3) is 0.353. The summed E-state index contributed by atoms with van der Waals surface area (Å²) in [7, 11) is 1.67. The molecule has 1 aliphatic carbocycles. The topological polar surface area (TPSA) is 42.6 Å². The van der Waals surface area contributed by atoms with Gasteiger partial charge in [0.1, 0.15) is 6.61 Å². The molecule has 1 saturated heterocycles. The number of hydrogen-bond donors (Lipinski definition) is 0. The van der Waals surface area contributed by atoms with Crippen LogP contribution >= 0.6 is 0 Å². The zero-order chi connectivity index (χ0) is 26.6. The molecule has 0 amide bonds. The second kappa shape index (κ2) is 11.6. The standard InChI is InChI=1S/C34H37N2O3/c1-38-32-21-29-20-30(19-25-11-14-35(15-12-25)23-26-7-3-2-4-8-26)34(37)31(29)22-33(32)39-18-17-36-16-13-27-9-5-6-10-28(27)24-36/h2-10,13,16,21-22,24-25,30H,11-12,14-15,17-20,23H2,1H3/q+1. The van der Waals surface area contributed by atoms with Gasteiger partial charge >= 0.3 is 0 Å². The van der Waals surface area contributed by atoms with E-state index in [1.807, 2.05) is 12.1 Å². The zero-order valence-electron chi connectivity index (χ0n) is 22.7. The summed E-state index contributed by atoms with van der Waals surface area (Å²) in [6.07, 6.45) is 8.32. The first-order valence-corrected chi connectivity index (χ1v) is 14.2. The molecule has 1 fully saturated rings. The number of methoxy groups -OCH3 is 1. The van der Waals surface area contributed by atoms with E-state index < -0.39 is 0 Å². The molecule has 39 heavy (non-hydrogen) atoms. The van der Waals surface area contributed by atoms with Crippen LogP contribution in [0.5, 0.6) is 11.5 Å². The summed E-state index contributed by atoms with van der Waals surface area (Å²) in [4.78, 5) is 16.0. The maximum atomic E-state index is 13.4. The van der Waals surface area contributed by atoms with E-state index in [0.717, 1.165) is 56.4 Å². The first-order chi connectivity index (χ1) is 19.2. The number of nitrogens with zero attached hydrogens (tertiary/aromatic N) is 2. The third-order valence-electron chi connectivity index (χ3n) is 8.42. The quantitative estimate of drug-likeness (QED) is 0.258. The van der Waals surface area contributed by atoms with E-state index in [9.17, 15) is 4.79 Å². The summed E-state index contributed by atoms with van der Waals surface area (Å²) in [5.74, 6) is 2.31. The maximum Gasteiger partial charge on any atom is 0.182 e. The van der Waals surface area contributed by atoms with Crippen LogP contribution in [0.4, 0.5) is 0 Å². The Morgan fingerprint density at radius 3 is 2.49 bits per heavy atom. The van der Waals surface area contributed by atoms with Gasteiger partial charge in [0.15, 0.2) is 36.2 Å². The number of ether oxygens (including phenoxy) is 2. The van der Waals surface area contributed by atoms with Crippen LogP contribution in [0, 0.1) is 11.8 Å². The lowest BCUT2D eigenvalue weighted by Crippen LogP contribution is -2.35. The van der Waals surface area contributed by atoms with Gasteiger partial charge in [0.2, 0.25) is 0 Å². The minimum absolute atomic E-state index is 0.0683. The molecular formula is C34H37N2O3+. The summed E-state index contributed by atoms with van der Waals surface area (Å²) in [5.41, 5.74) is 3.29. The number of piperidine rings is 1. The van der Waals surface area contributed by atoms with Crippen molar-refractivity contribution in [2.45, 2.75) is 38.8 Å². The van der Waals surface area contributed by atoms with Crippen LogP contribution < -0.4 is 14.0 Å². The number of benzene rings is 3. The Kier molecular flexibility index (Phi) is 7.60. The van der Waals surface area contributed by atoms with Crippen LogP contribution in [-0.2, 0) is 19.5 Å². The predicted octanol–water partition coefficient (Wildman–Crippen LogP) is 5.87. The monoisotopic (exact) mass is 521 g/mol. The van der Waals surface area contributed by atoms with Gasteiger partial charge in [-0.15, -0.1) is 0 Å². The molecule has 0 radical (unpaired) electrons. The van der Waals surface area contributed by atoms with Crippen molar-refractivity contribution in [1.29, 1.82) is 0 Å². The lowest BCUT2D eigenvalue weighted by molar-refractivity contribution is -0.696. The van der Waals surface area contributed by atoms with Crippen molar-refractivity contribution in [2.75, 3.05) is 26.8 Å². The minimum atomic E-state index is 0.0683. The second-order valence-corrected chi connectivity index (χ2v) is 11.0. The number of aromatic nitrogens is 1. The molecule has 2 aliphatic rings. The van der Waals surface area contributed by atoms with Gasteiger partial charge in [-0.25, -0.2) is 4.57 Å². The third-order valence-corrected chi connectivity index (χ3v) is 8.42. The first kappa shape index (κ1) is 25.6. The molecule has 0 saturated carbocycles. The predicted molar refractivity (Wildman–Crippen MR) is 153 cm³/mol. The van der Waals surface area contributed by atoms with Gasteiger partial charge in [-0.2, -0.15) is 0 Å². The normalized spacial score (nSPS) is 17.9. The fourth-order valence-corrected chi connectivity index (χ4v) is 6.24. The fourth-order valence-electron chi connectivity index (χ4n) is 6.24. The highest BCUT2D eigenvalue weighted by molar-refractivity contribution is 6.02. The molecule has 1 aliphatic heterocycles. The average Bonchev–Trinajstić information content (AvgIpc) is 3.27. The van der Waals surface area contributed by atoms with Crippen molar-refractivity contribution in [1.82, 2.24) is 4.90 Å². The first-order valence-electron chi connectivity index (χ1n) is 14.2. The largest absolute Gasteiger partial charge is 0.493 e. The molecule has 0 spiro atoms. The highest BCUT2D eigenvalue weighted by Crippen LogP contribution is 2.39. The molecule has 200 valence electrons. The van der Waals surface area contributed by atoms with E-state index >= 15 is 0 Å². The molecule has 1 aromatic heterocycles. The van der Waals surface area contributed by atoms with Crippen LogP contribution in [0.1, 0.15) is 40.7 Å². The highest BCUT2D eigenvalue weighted by Gasteiger charge is 2.34. The van der Waals surface area contributed by atoms with E-state index in [4.69, 9.17) is 9.47 Å². The number of hydrogen-bond acceptors (Lipinski definition) is 4. The number of ketones is 1. The maximum absolute atomic E-state index is 13.4. The molecule has 0 bridgehead atoms. The molecule has 1 atom stereocenters. The van der Waals surface area contributed by atoms with Gasteiger partial charge in [0.25, 0.3) is 0 Å². The van der Waals surface area contributed by atoms with Crippen molar-refractivity contribution in [2.24, 2.45) is 11.8 Å². The molecule has 5 heteroatoms. The van der Waals surface area contributed by atoms with E-state index in [2.05, 4.69) is 82.5 Å². The number of rotatable bonds is 9. The number of carbonyl (C=O) groups is 1. The summed E-state index contributed by atoms with van der Waals surface area (Å²) in [5, 5.41) is 2.43. The minimum Gasteiger partial charge on any atom is -0.493 e. The van der Waals surface area contributed by atoms with Gasteiger partial charge < -0.3 is 9.47 Å². The Hall–Kier alpha value is -3.70. The van der Waals surface area contributed by atoms with E-state index in [1.54, 1.807) is 7.11 Å².